The maximum atomic E-state index is 13.9. The summed E-state index contributed by atoms with van der Waals surface area (Å²) in [5.74, 6) is -0.0911. The summed E-state index contributed by atoms with van der Waals surface area (Å²) in [6.07, 6.45) is 2.32. The van der Waals surface area contributed by atoms with Crippen molar-refractivity contribution >= 4 is 15.9 Å². The monoisotopic (exact) mass is 383 g/mol. The maximum absolute atomic E-state index is 13.9. The molecule has 0 spiro atoms. The van der Waals surface area contributed by atoms with E-state index in [1.165, 1.54) is 28.9 Å². The quantitative estimate of drug-likeness (QED) is 0.788. The van der Waals surface area contributed by atoms with E-state index in [1.807, 2.05) is 0 Å². The van der Waals surface area contributed by atoms with Crippen LogP contribution in [0.25, 0.3) is 0 Å². The molecule has 6 nitrogen and oxygen atoms in total. The van der Waals surface area contributed by atoms with Gasteiger partial charge in [0.1, 0.15) is 10.7 Å². The highest BCUT2D eigenvalue weighted by Crippen LogP contribution is 2.21. The molecule has 0 radical (unpaired) electrons. The molecule has 1 atom stereocenters. The lowest BCUT2D eigenvalue weighted by Crippen LogP contribution is -2.53. The summed E-state index contributed by atoms with van der Waals surface area (Å²) in [6.45, 7) is 5.54. The Morgan fingerprint density at radius 1 is 1.15 bits per heavy atom. The second-order valence-electron chi connectivity index (χ2n) is 7.20. The molecule has 0 aliphatic carbocycles. The van der Waals surface area contributed by atoms with Crippen LogP contribution in [0.2, 0.25) is 0 Å². The molecule has 2 saturated heterocycles. The third kappa shape index (κ3) is 4.24. The van der Waals surface area contributed by atoms with Crippen LogP contribution in [-0.4, -0.2) is 74.2 Å². The van der Waals surface area contributed by atoms with Gasteiger partial charge in [-0.3, -0.25) is 9.69 Å². The fourth-order valence-corrected chi connectivity index (χ4v) is 5.18. The van der Waals surface area contributed by atoms with Crippen molar-refractivity contribution in [2.75, 3.05) is 45.8 Å². The number of piperazine rings is 1. The molecule has 1 aromatic carbocycles. The number of nitrogens with zero attached hydrogens (tertiary/aromatic N) is 3. The SMILES string of the molecule is C[C@@H]1CCCN(CC(=O)N2CCN(S(=O)(=O)c3ccccc3F)CC2)C1. The first-order valence-corrected chi connectivity index (χ1v) is 10.6. The van der Waals surface area contributed by atoms with E-state index in [-0.39, 0.29) is 23.9 Å². The normalized spacial score (nSPS) is 23.2. The molecule has 0 N–H and O–H groups in total. The van der Waals surface area contributed by atoms with E-state index in [2.05, 4.69) is 11.8 Å². The molecule has 2 heterocycles. The van der Waals surface area contributed by atoms with Gasteiger partial charge in [-0.1, -0.05) is 19.1 Å². The molecule has 1 aromatic rings. The number of amides is 1. The van der Waals surface area contributed by atoms with E-state index in [0.29, 0.717) is 25.6 Å². The fraction of sp³-hybridized carbons (Fsp3) is 0.611. The lowest BCUT2D eigenvalue weighted by Gasteiger charge is -2.36. The number of benzene rings is 1. The van der Waals surface area contributed by atoms with Crippen LogP contribution < -0.4 is 0 Å². The smallest absolute Gasteiger partial charge is 0.246 e. The van der Waals surface area contributed by atoms with Crippen LogP contribution in [0.1, 0.15) is 19.8 Å². The highest BCUT2D eigenvalue weighted by molar-refractivity contribution is 7.89. The van der Waals surface area contributed by atoms with E-state index >= 15 is 0 Å². The van der Waals surface area contributed by atoms with Gasteiger partial charge in [0.25, 0.3) is 0 Å². The third-order valence-electron chi connectivity index (χ3n) is 5.15. The van der Waals surface area contributed by atoms with Crippen molar-refractivity contribution in [1.29, 1.82) is 0 Å². The second kappa shape index (κ2) is 8.02. The number of carbonyl (C=O) groups excluding carboxylic acids is 1. The number of rotatable bonds is 4. The predicted molar refractivity (Wildman–Crippen MR) is 96.6 cm³/mol. The highest BCUT2D eigenvalue weighted by atomic mass is 32.2. The molecule has 2 aliphatic rings. The van der Waals surface area contributed by atoms with Gasteiger partial charge in [-0.05, 0) is 37.4 Å². The Morgan fingerprint density at radius 3 is 2.50 bits per heavy atom. The summed E-state index contributed by atoms with van der Waals surface area (Å²) in [7, 11) is -3.87. The molecule has 0 unspecified atom stereocenters. The average molecular weight is 383 g/mol. The molecule has 2 fully saturated rings. The molecule has 0 saturated carbocycles. The van der Waals surface area contributed by atoms with Gasteiger partial charge in [0, 0.05) is 32.7 Å². The number of hydrogen-bond donors (Lipinski definition) is 0. The summed E-state index contributed by atoms with van der Waals surface area (Å²) in [6, 6.07) is 5.40. The zero-order chi connectivity index (χ0) is 18.7. The minimum absolute atomic E-state index is 0.0436. The number of likely N-dealkylation sites (tertiary alicyclic amines) is 1. The van der Waals surface area contributed by atoms with Gasteiger partial charge in [0.05, 0.1) is 6.54 Å². The molecule has 8 heteroatoms. The molecular formula is C18H26FN3O3S. The van der Waals surface area contributed by atoms with E-state index in [9.17, 15) is 17.6 Å². The maximum Gasteiger partial charge on any atom is 0.246 e. The van der Waals surface area contributed by atoms with Crippen molar-refractivity contribution < 1.29 is 17.6 Å². The highest BCUT2D eigenvalue weighted by Gasteiger charge is 2.32. The van der Waals surface area contributed by atoms with Crippen molar-refractivity contribution in [2.45, 2.75) is 24.7 Å². The minimum Gasteiger partial charge on any atom is -0.339 e. The van der Waals surface area contributed by atoms with E-state index < -0.39 is 15.8 Å². The second-order valence-corrected chi connectivity index (χ2v) is 9.10. The van der Waals surface area contributed by atoms with E-state index in [0.717, 1.165) is 25.6 Å². The van der Waals surface area contributed by atoms with E-state index in [1.54, 1.807) is 4.90 Å². The number of piperidine rings is 1. The minimum atomic E-state index is -3.87. The Bertz CT molecular complexity index is 748. The van der Waals surface area contributed by atoms with Gasteiger partial charge in [-0.25, -0.2) is 12.8 Å². The van der Waals surface area contributed by atoms with E-state index in [4.69, 9.17) is 0 Å². The van der Waals surface area contributed by atoms with Crippen molar-refractivity contribution in [3.63, 3.8) is 0 Å². The number of carbonyl (C=O) groups is 1. The first kappa shape index (κ1) is 19.3. The Kier molecular flexibility index (Phi) is 5.94. The molecule has 0 aromatic heterocycles. The van der Waals surface area contributed by atoms with Crippen molar-refractivity contribution in [3.05, 3.63) is 30.1 Å². The van der Waals surface area contributed by atoms with Crippen molar-refractivity contribution in [2.24, 2.45) is 5.92 Å². The van der Waals surface area contributed by atoms with Gasteiger partial charge in [0.15, 0.2) is 0 Å². The first-order valence-electron chi connectivity index (χ1n) is 9.13. The summed E-state index contributed by atoms with van der Waals surface area (Å²) in [5, 5.41) is 0. The van der Waals surface area contributed by atoms with Crippen LogP contribution in [0.4, 0.5) is 4.39 Å². The molecule has 26 heavy (non-hydrogen) atoms. The van der Waals surface area contributed by atoms with Crippen LogP contribution >= 0.6 is 0 Å². The zero-order valence-corrected chi connectivity index (χ0v) is 15.9. The van der Waals surface area contributed by atoms with Crippen LogP contribution in [0, 0.1) is 11.7 Å². The van der Waals surface area contributed by atoms with Crippen LogP contribution in [-0.2, 0) is 14.8 Å². The summed E-state index contributed by atoms with van der Waals surface area (Å²) in [5.41, 5.74) is 0. The molecule has 0 bridgehead atoms. The van der Waals surface area contributed by atoms with Gasteiger partial charge in [0.2, 0.25) is 15.9 Å². The van der Waals surface area contributed by atoms with Gasteiger partial charge >= 0.3 is 0 Å². The zero-order valence-electron chi connectivity index (χ0n) is 15.1. The van der Waals surface area contributed by atoms with Crippen LogP contribution in [0.5, 0.6) is 0 Å². The summed E-state index contributed by atoms with van der Waals surface area (Å²) < 4.78 is 40.3. The average Bonchev–Trinajstić information content (AvgIpc) is 2.62. The Labute approximate surface area is 154 Å². The van der Waals surface area contributed by atoms with Gasteiger partial charge in [-0.2, -0.15) is 4.31 Å². The molecule has 144 valence electrons. The van der Waals surface area contributed by atoms with Crippen molar-refractivity contribution in [3.8, 4) is 0 Å². The molecular weight excluding hydrogens is 357 g/mol. The third-order valence-corrected chi connectivity index (χ3v) is 7.08. The predicted octanol–water partition coefficient (Wildman–Crippen LogP) is 1.39. The lowest BCUT2D eigenvalue weighted by atomic mass is 10.0. The Balaban J connectivity index is 1.57. The molecule has 3 rings (SSSR count). The standard InChI is InChI=1S/C18H26FN3O3S/c1-15-5-4-8-20(13-15)14-18(23)21-9-11-22(12-10-21)26(24,25)17-7-3-2-6-16(17)19/h2-3,6-7,15H,4-5,8-14H2,1H3/t15-/m1/s1. The largest absolute Gasteiger partial charge is 0.339 e. The van der Waals surface area contributed by atoms with Gasteiger partial charge < -0.3 is 4.90 Å². The van der Waals surface area contributed by atoms with Crippen LogP contribution in [0.3, 0.4) is 0 Å². The van der Waals surface area contributed by atoms with Crippen LogP contribution in [0.15, 0.2) is 29.2 Å². The Morgan fingerprint density at radius 2 is 1.85 bits per heavy atom. The first-order chi connectivity index (χ1) is 12.4. The summed E-state index contributed by atoms with van der Waals surface area (Å²) in [4.78, 5) is 16.1. The summed E-state index contributed by atoms with van der Waals surface area (Å²) >= 11 is 0. The topological polar surface area (TPSA) is 60.9 Å². The number of hydrogen-bond acceptors (Lipinski definition) is 4. The fourth-order valence-electron chi connectivity index (χ4n) is 3.69. The Hall–Kier alpha value is -1.51. The molecule has 1 amide bonds. The molecule has 2 aliphatic heterocycles. The number of halogens is 1. The van der Waals surface area contributed by atoms with Crippen molar-refractivity contribution in [1.82, 2.24) is 14.1 Å². The number of sulfonamides is 1. The van der Waals surface area contributed by atoms with Gasteiger partial charge in [-0.15, -0.1) is 0 Å². The lowest BCUT2D eigenvalue weighted by molar-refractivity contribution is -0.134.